The molecule has 1 aliphatic rings. The summed E-state index contributed by atoms with van der Waals surface area (Å²) in [5.41, 5.74) is 2.39. The van der Waals surface area contributed by atoms with Crippen molar-refractivity contribution in [3.63, 3.8) is 0 Å². The number of hydrogen-bond acceptors (Lipinski definition) is 4. The Kier molecular flexibility index (Phi) is 8.23. The molecule has 0 spiro atoms. The van der Waals surface area contributed by atoms with Crippen molar-refractivity contribution in [2.75, 3.05) is 45.6 Å². The molecule has 2 aromatic rings. The maximum atomic E-state index is 13.3. The van der Waals surface area contributed by atoms with Gasteiger partial charge in [-0.05, 0) is 56.8 Å². The van der Waals surface area contributed by atoms with Gasteiger partial charge in [0.2, 0.25) is 5.91 Å². The smallest absolute Gasteiger partial charge is 0.321 e. The van der Waals surface area contributed by atoms with Gasteiger partial charge in [0.05, 0.1) is 11.6 Å². The van der Waals surface area contributed by atoms with E-state index in [0.717, 1.165) is 17.8 Å². The number of likely N-dealkylation sites (tertiary alicyclic amines) is 1. The monoisotopic (exact) mass is 433 g/mol. The lowest BCUT2D eigenvalue weighted by atomic mass is 9.95. The first-order valence-electron chi connectivity index (χ1n) is 11.0. The fourth-order valence-corrected chi connectivity index (χ4v) is 3.80. The van der Waals surface area contributed by atoms with Gasteiger partial charge in [-0.15, -0.1) is 0 Å². The first-order chi connectivity index (χ1) is 15.5. The molecule has 7 heteroatoms. The molecule has 0 bridgehead atoms. The number of carbonyl (C=O) groups is 2. The van der Waals surface area contributed by atoms with Gasteiger partial charge in [0.15, 0.2) is 0 Å². The molecule has 2 aromatic carbocycles. The van der Waals surface area contributed by atoms with Gasteiger partial charge in [0.25, 0.3) is 0 Å². The van der Waals surface area contributed by atoms with Crippen LogP contribution < -0.4 is 5.32 Å². The van der Waals surface area contributed by atoms with E-state index < -0.39 is 0 Å². The Morgan fingerprint density at radius 1 is 1.03 bits per heavy atom. The maximum Gasteiger partial charge on any atom is 0.321 e. The minimum Gasteiger partial charge on any atom is -0.337 e. The quantitative estimate of drug-likeness (QED) is 0.726. The number of nitrogens with one attached hydrogen (secondary N) is 1. The second-order valence-corrected chi connectivity index (χ2v) is 8.43. The third kappa shape index (κ3) is 6.56. The highest BCUT2D eigenvalue weighted by Gasteiger charge is 2.30. The highest BCUT2D eigenvalue weighted by molar-refractivity contribution is 5.89. The Morgan fingerprint density at radius 3 is 2.28 bits per heavy atom. The fraction of sp³-hybridized carbons (Fsp3) is 0.400. The van der Waals surface area contributed by atoms with Gasteiger partial charge >= 0.3 is 6.03 Å². The molecule has 3 amide bonds. The minimum absolute atomic E-state index is 0.0867. The Bertz CT molecular complexity index is 929. The van der Waals surface area contributed by atoms with Crippen LogP contribution in [0.3, 0.4) is 0 Å². The molecule has 0 aliphatic carbocycles. The highest BCUT2D eigenvalue weighted by atomic mass is 16.2. The second kappa shape index (κ2) is 11.3. The number of hydrogen-bond donors (Lipinski definition) is 1. The number of anilines is 1. The molecule has 1 N–H and O–H groups in total. The number of nitriles is 1. The molecule has 0 aromatic heterocycles. The van der Waals surface area contributed by atoms with Crippen LogP contribution in [0.1, 0.15) is 24.0 Å². The van der Waals surface area contributed by atoms with Crippen molar-refractivity contribution in [2.24, 2.45) is 5.92 Å². The second-order valence-electron chi connectivity index (χ2n) is 8.43. The number of rotatable bonds is 7. The summed E-state index contributed by atoms with van der Waals surface area (Å²) in [5.74, 6) is 0.0515. The summed E-state index contributed by atoms with van der Waals surface area (Å²) in [5, 5.41) is 11.9. The average molecular weight is 434 g/mol. The molecule has 32 heavy (non-hydrogen) atoms. The zero-order valence-corrected chi connectivity index (χ0v) is 18.8. The van der Waals surface area contributed by atoms with E-state index in [2.05, 4.69) is 16.3 Å². The number of carbonyl (C=O) groups excluding carboxylic acids is 2. The van der Waals surface area contributed by atoms with Crippen molar-refractivity contribution in [1.29, 1.82) is 5.26 Å². The molecule has 7 nitrogen and oxygen atoms in total. The van der Waals surface area contributed by atoms with Gasteiger partial charge in [-0.25, -0.2) is 4.79 Å². The van der Waals surface area contributed by atoms with Crippen LogP contribution in [0.4, 0.5) is 10.5 Å². The van der Waals surface area contributed by atoms with E-state index in [4.69, 9.17) is 5.26 Å². The molecule has 1 saturated heterocycles. The van der Waals surface area contributed by atoms with Crippen LogP contribution in [0.15, 0.2) is 54.6 Å². The molecule has 1 aliphatic heterocycles. The largest absolute Gasteiger partial charge is 0.337 e. The van der Waals surface area contributed by atoms with Gasteiger partial charge in [-0.3, -0.25) is 4.79 Å². The first kappa shape index (κ1) is 23.3. The SMILES string of the molecule is CN(C)CCN(Cc1ccc(C#N)cc1)C(=O)C1CCN(C(=O)Nc2ccccc2)CC1. The van der Waals surface area contributed by atoms with E-state index in [0.29, 0.717) is 44.6 Å². The number of likely N-dealkylation sites (N-methyl/N-ethyl adjacent to an activating group) is 1. The number of para-hydroxylation sites is 1. The summed E-state index contributed by atoms with van der Waals surface area (Å²) in [7, 11) is 3.99. The Morgan fingerprint density at radius 2 is 1.69 bits per heavy atom. The van der Waals surface area contributed by atoms with Gasteiger partial charge in [0.1, 0.15) is 0 Å². The van der Waals surface area contributed by atoms with E-state index in [1.54, 1.807) is 17.0 Å². The third-order valence-corrected chi connectivity index (χ3v) is 5.74. The van der Waals surface area contributed by atoms with Crippen LogP contribution in [0.5, 0.6) is 0 Å². The molecule has 0 saturated carbocycles. The number of urea groups is 1. The molecule has 1 fully saturated rings. The first-order valence-corrected chi connectivity index (χ1v) is 11.0. The molecule has 0 unspecified atom stereocenters. The van der Waals surface area contributed by atoms with E-state index in [-0.39, 0.29) is 17.9 Å². The molecular formula is C25H31N5O2. The molecular weight excluding hydrogens is 402 g/mol. The molecule has 168 valence electrons. The van der Waals surface area contributed by atoms with Crippen molar-refractivity contribution in [2.45, 2.75) is 19.4 Å². The summed E-state index contributed by atoms with van der Waals surface area (Å²) >= 11 is 0. The minimum atomic E-state index is -0.121. The molecule has 3 rings (SSSR count). The van der Waals surface area contributed by atoms with Crippen LogP contribution in [-0.4, -0.2) is 66.9 Å². The van der Waals surface area contributed by atoms with Gasteiger partial charge < -0.3 is 20.0 Å². The van der Waals surface area contributed by atoms with E-state index >= 15 is 0 Å². The summed E-state index contributed by atoms with van der Waals surface area (Å²) in [6.07, 6.45) is 1.32. The van der Waals surface area contributed by atoms with Crippen LogP contribution in [0.2, 0.25) is 0 Å². The molecule has 1 heterocycles. The lowest BCUT2D eigenvalue weighted by molar-refractivity contribution is -0.137. The van der Waals surface area contributed by atoms with Gasteiger partial charge in [-0.2, -0.15) is 5.26 Å². The summed E-state index contributed by atoms with van der Waals surface area (Å²) < 4.78 is 0. The van der Waals surface area contributed by atoms with E-state index in [1.807, 2.05) is 61.5 Å². The van der Waals surface area contributed by atoms with Crippen molar-refractivity contribution < 1.29 is 9.59 Å². The van der Waals surface area contributed by atoms with Crippen molar-refractivity contribution in [3.8, 4) is 6.07 Å². The predicted molar refractivity (Wildman–Crippen MR) is 125 cm³/mol. The fourth-order valence-electron chi connectivity index (χ4n) is 3.80. The predicted octanol–water partition coefficient (Wildman–Crippen LogP) is 3.39. The maximum absolute atomic E-state index is 13.3. The van der Waals surface area contributed by atoms with Crippen LogP contribution in [-0.2, 0) is 11.3 Å². The van der Waals surface area contributed by atoms with E-state index in [1.165, 1.54) is 0 Å². The zero-order valence-electron chi connectivity index (χ0n) is 18.8. The Balaban J connectivity index is 1.58. The van der Waals surface area contributed by atoms with Crippen LogP contribution in [0.25, 0.3) is 0 Å². The summed E-state index contributed by atoms with van der Waals surface area (Å²) in [6.45, 7) is 3.06. The highest BCUT2D eigenvalue weighted by Crippen LogP contribution is 2.22. The summed E-state index contributed by atoms with van der Waals surface area (Å²) in [6, 6.07) is 18.8. The lowest BCUT2D eigenvalue weighted by Gasteiger charge is -2.34. The lowest BCUT2D eigenvalue weighted by Crippen LogP contribution is -2.46. The number of amides is 3. The van der Waals surface area contributed by atoms with Gasteiger partial charge in [-0.1, -0.05) is 30.3 Å². The summed E-state index contributed by atoms with van der Waals surface area (Å²) in [4.78, 5) is 31.6. The third-order valence-electron chi connectivity index (χ3n) is 5.74. The Hall–Kier alpha value is -3.37. The average Bonchev–Trinajstić information content (AvgIpc) is 2.82. The molecule has 0 atom stereocenters. The number of piperidine rings is 1. The molecule has 0 radical (unpaired) electrons. The zero-order chi connectivity index (χ0) is 22.9. The standard InChI is InChI=1S/C25H31N5O2/c1-28(2)16-17-30(19-21-10-8-20(18-26)9-11-21)24(31)22-12-14-29(15-13-22)25(32)27-23-6-4-3-5-7-23/h3-11,22H,12-17,19H2,1-2H3,(H,27,32). The van der Waals surface area contributed by atoms with Crippen LogP contribution in [0, 0.1) is 17.2 Å². The van der Waals surface area contributed by atoms with E-state index in [9.17, 15) is 9.59 Å². The van der Waals surface area contributed by atoms with Crippen molar-refractivity contribution >= 4 is 17.6 Å². The Labute approximate surface area is 190 Å². The number of nitrogens with zero attached hydrogens (tertiary/aromatic N) is 4. The normalized spacial score (nSPS) is 14.1. The van der Waals surface area contributed by atoms with Crippen LogP contribution >= 0.6 is 0 Å². The van der Waals surface area contributed by atoms with Gasteiger partial charge in [0, 0.05) is 44.3 Å². The topological polar surface area (TPSA) is 79.7 Å². The van der Waals surface area contributed by atoms with Crippen molar-refractivity contribution in [1.82, 2.24) is 14.7 Å². The van der Waals surface area contributed by atoms with Crippen molar-refractivity contribution in [3.05, 3.63) is 65.7 Å². The number of benzene rings is 2.